The zero-order valence-electron chi connectivity index (χ0n) is 20.0. The summed E-state index contributed by atoms with van der Waals surface area (Å²) in [7, 11) is 1.65. The Kier molecular flexibility index (Phi) is 5.15. The maximum absolute atomic E-state index is 13.5. The Bertz CT molecular complexity index is 1480. The van der Waals surface area contributed by atoms with Gasteiger partial charge in [0.2, 0.25) is 5.78 Å². The van der Waals surface area contributed by atoms with E-state index < -0.39 is 0 Å². The second-order valence-electron chi connectivity index (χ2n) is 8.91. The van der Waals surface area contributed by atoms with Crippen molar-refractivity contribution in [2.75, 3.05) is 13.8 Å². The maximum Gasteiger partial charge on any atom is 0.232 e. The number of nitrogens with zero attached hydrogens (tertiary/aromatic N) is 2. The lowest BCUT2D eigenvalue weighted by Crippen LogP contribution is -2.31. The first-order valence-corrected chi connectivity index (χ1v) is 11.7. The van der Waals surface area contributed by atoms with E-state index in [4.69, 9.17) is 18.6 Å². The van der Waals surface area contributed by atoms with Crippen LogP contribution in [0.3, 0.4) is 0 Å². The molecule has 6 rings (SSSR count). The molecule has 0 N–H and O–H groups in total. The molecule has 0 bridgehead atoms. The summed E-state index contributed by atoms with van der Waals surface area (Å²) in [6, 6.07) is 11.7. The third kappa shape index (κ3) is 3.59. The van der Waals surface area contributed by atoms with Gasteiger partial charge in [-0.15, -0.1) is 0 Å². The van der Waals surface area contributed by atoms with E-state index in [1.807, 2.05) is 55.6 Å². The van der Waals surface area contributed by atoms with Crippen LogP contribution >= 0.6 is 0 Å². The van der Waals surface area contributed by atoms with Crippen molar-refractivity contribution in [3.05, 3.63) is 82.6 Å². The Morgan fingerprint density at radius 1 is 1.20 bits per heavy atom. The molecule has 0 aliphatic carbocycles. The maximum atomic E-state index is 13.5. The minimum absolute atomic E-state index is 0.108. The Hall–Kier alpha value is -3.97. The van der Waals surface area contributed by atoms with Crippen LogP contribution < -0.4 is 14.2 Å². The van der Waals surface area contributed by atoms with E-state index in [9.17, 15) is 4.79 Å². The molecule has 0 amide bonds. The Balaban J connectivity index is 1.38. The molecule has 7 heteroatoms. The van der Waals surface area contributed by atoms with Gasteiger partial charge in [0.05, 0.1) is 31.0 Å². The van der Waals surface area contributed by atoms with E-state index >= 15 is 0 Å². The normalized spacial score (nSPS) is 16.3. The molecule has 2 aromatic carbocycles. The largest absolute Gasteiger partial charge is 0.497 e. The summed E-state index contributed by atoms with van der Waals surface area (Å²) in [6.07, 6.45) is 5.55. The van der Waals surface area contributed by atoms with Crippen LogP contribution in [-0.2, 0) is 19.6 Å². The van der Waals surface area contributed by atoms with E-state index in [0.29, 0.717) is 36.9 Å². The molecule has 4 heterocycles. The van der Waals surface area contributed by atoms with Crippen LogP contribution in [0, 0.1) is 6.92 Å². The van der Waals surface area contributed by atoms with Crippen molar-refractivity contribution >= 4 is 22.8 Å². The van der Waals surface area contributed by atoms with Gasteiger partial charge in [-0.05, 0) is 61.9 Å². The van der Waals surface area contributed by atoms with Crippen LogP contribution in [0.5, 0.6) is 17.2 Å². The van der Waals surface area contributed by atoms with Crippen LogP contribution in [0.1, 0.15) is 39.7 Å². The molecule has 4 aromatic rings. The minimum Gasteiger partial charge on any atom is -0.497 e. The Labute approximate surface area is 203 Å². The van der Waals surface area contributed by atoms with Gasteiger partial charge >= 0.3 is 0 Å². The third-order valence-corrected chi connectivity index (χ3v) is 6.69. The summed E-state index contributed by atoms with van der Waals surface area (Å²) in [5.41, 5.74) is 4.34. The number of hydrogen-bond acceptors (Lipinski definition) is 6. The highest BCUT2D eigenvalue weighted by molar-refractivity contribution is 6.16. The highest BCUT2D eigenvalue weighted by Crippen LogP contribution is 2.44. The summed E-state index contributed by atoms with van der Waals surface area (Å²) in [6.45, 7) is 6.50. The van der Waals surface area contributed by atoms with E-state index in [1.54, 1.807) is 13.4 Å². The van der Waals surface area contributed by atoms with Crippen molar-refractivity contribution in [2.24, 2.45) is 0 Å². The van der Waals surface area contributed by atoms with Crippen molar-refractivity contribution in [2.45, 2.75) is 33.5 Å². The number of ketones is 1. The molecule has 0 spiro atoms. The SMILES string of the molecule is CCn1cc(/C=C2\Oc3c4c(cc(C)c3C2=O)OCN(Cc2ccco2)C4)c2cc(OC)ccc21. The first-order valence-electron chi connectivity index (χ1n) is 11.7. The van der Waals surface area contributed by atoms with Gasteiger partial charge < -0.3 is 23.2 Å². The van der Waals surface area contributed by atoms with E-state index in [1.165, 1.54) is 0 Å². The number of ether oxygens (including phenoxy) is 3. The number of furan rings is 1. The van der Waals surface area contributed by atoms with Crippen LogP contribution in [0.2, 0.25) is 0 Å². The molecule has 0 saturated heterocycles. The van der Waals surface area contributed by atoms with Gasteiger partial charge in [0.25, 0.3) is 0 Å². The van der Waals surface area contributed by atoms with E-state index in [0.717, 1.165) is 51.4 Å². The van der Waals surface area contributed by atoms with Gasteiger partial charge in [-0.2, -0.15) is 0 Å². The number of methoxy groups -OCH3 is 1. The average Bonchev–Trinajstić information content (AvgIpc) is 3.58. The number of allylic oxidation sites excluding steroid dienone is 1. The topological polar surface area (TPSA) is 66.1 Å². The number of Topliss-reactive ketones (excluding diaryl/α,β-unsaturated/α-hetero) is 1. The fourth-order valence-corrected chi connectivity index (χ4v) is 4.95. The predicted octanol–water partition coefficient (Wildman–Crippen LogP) is 5.54. The Morgan fingerprint density at radius 3 is 2.86 bits per heavy atom. The lowest BCUT2D eigenvalue weighted by atomic mass is 9.98. The molecule has 7 nitrogen and oxygen atoms in total. The van der Waals surface area contributed by atoms with E-state index in [2.05, 4.69) is 16.4 Å². The summed E-state index contributed by atoms with van der Waals surface area (Å²) in [5.74, 6) is 3.20. The average molecular weight is 471 g/mol. The van der Waals surface area contributed by atoms with Crippen molar-refractivity contribution in [3.63, 3.8) is 0 Å². The lowest BCUT2D eigenvalue weighted by Gasteiger charge is -2.29. The first kappa shape index (κ1) is 21.6. The summed E-state index contributed by atoms with van der Waals surface area (Å²) < 4.78 is 25.4. The fraction of sp³-hybridized carbons (Fsp3) is 0.250. The van der Waals surface area contributed by atoms with Crippen LogP contribution in [0.25, 0.3) is 17.0 Å². The number of rotatable bonds is 5. The van der Waals surface area contributed by atoms with Gasteiger partial charge in [-0.25, -0.2) is 0 Å². The minimum atomic E-state index is -0.108. The van der Waals surface area contributed by atoms with E-state index in [-0.39, 0.29) is 5.78 Å². The van der Waals surface area contributed by atoms with Crippen molar-refractivity contribution in [3.8, 4) is 17.2 Å². The molecular formula is C28H26N2O5. The van der Waals surface area contributed by atoms with Gasteiger partial charge in [0.1, 0.15) is 29.7 Å². The smallest absolute Gasteiger partial charge is 0.232 e. The molecule has 35 heavy (non-hydrogen) atoms. The monoisotopic (exact) mass is 470 g/mol. The summed E-state index contributed by atoms with van der Waals surface area (Å²) in [4.78, 5) is 15.6. The number of hydrogen-bond donors (Lipinski definition) is 0. The number of carbonyl (C=O) groups excluding carboxylic acids is 1. The Morgan fingerprint density at radius 2 is 2.09 bits per heavy atom. The second-order valence-corrected chi connectivity index (χ2v) is 8.91. The number of benzene rings is 2. The number of aryl methyl sites for hydroxylation is 2. The molecule has 0 saturated carbocycles. The van der Waals surface area contributed by atoms with Crippen LogP contribution in [0.15, 0.2) is 59.0 Å². The van der Waals surface area contributed by atoms with Gasteiger partial charge in [0, 0.05) is 35.8 Å². The summed E-state index contributed by atoms with van der Waals surface area (Å²) in [5, 5.41) is 1.01. The molecule has 0 atom stereocenters. The standard InChI is InChI=1S/C28H26N2O5/c1-4-30-13-18(21-12-19(32-3)7-8-23(21)30)11-25-27(31)26-17(2)10-24-22(28(26)35-25)15-29(16-34-24)14-20-6-5-9-33-20/h5-13H,4,14-16H2,1-3H3/b25-11-. The number of fused-ring (bicyclic) bond motifs is 4. The van der Waals surface area contributed by atoms with Crippen molar-refractivity contribution in [1.82, 2.24) is 9.47 Å². The van der Waals surface area contributed by atoms with Crippen LogP contribution in [-0.4, -0.2) is 29.1 Å². The highest BCUT2D eigenvalue weighted by Gasteiger charge is 2.35. The second kappa shape index (κ2) is 8.36. The third-order valence-electron chi connectivity index (χ3n) is 6.69. The van der Waals surface area contributed by atoms with Crippen LogP contribution in [0.4, 0.5) is 0 Å². The lowest BCUT2D eigenvalue weighted by molar-refractivity contribution is 0.0809. The molecular weight excluding hydrogens is 444 g/mol. The van der Waals surface area contributed by atoms with Crippen molar-refractivity contribution < 1.29 is 23.4 Å². The summed E-state index contributed by atoms with van der Waals surface area (Å²) >= 11 is 0. The van der Waals surface area contributed by atoms with Gasteiger partial charge in [0.15, 0.2) is 5.76 Å². The molecule has 2 aromatic heterocycles. The molecule has 2 aliphatic heterocycles. The number of aromatic nitrogens is 1. The van der Waals surface area contributed by atoms with Gasteiger partial charge in [-0.3, -0.25) is 9.69 Å². The zero-order valence-corrected chi connectivity index (χ0v) is 20.0. The van der Waals surface area contributed by atoms with Crippen molar-refractivity contribution in [1.29, 1.82) is 0 Å². The first-order chi connectivity index (χ1) is 17.1. The predicted molar refractivity (Wildman–Crippen MR) is 132 cm³/mol. The fourth-order valence-electron chi connectivity index (χ4n) is 4.95. The molecule has 0 unspecified atom stereocenters. The molecule has 178 valence electrons. The quantitative estimate of drug-likeness (QED) is 0.357. The van der Waals surface area contributed by atoms with Gasteiger partial charge in [-0.1, -0.05) is 0 Å². The zero-order chi connectivity index (χ0) is 24.1. The number of carbonyl (C=O) groups is 1. The highest BCUT2D eigenvalue weighted by atomic mass is 16.5. The molecule has 0 fully saturated rings. The molecule has 0 radical (unpaired) electrons. The molecule has 2 aliphatic rings.